The van der Waals surface area contributed by atoms with Crippen LogP contribution in [0.15, 0.2) is 42.5 Å². The summed E-state index contributed by atoms with van der Waals surface area (Å²) in [5.74, 6) is 0.600. The number of alkyl halides is 3. The monoisotopic (exact) mass is 367 g/mol. The molecule has 26 heavy (non-hydrogen) atoms. The van der Waals surface area contributed by atoms with Gasteiger partial charge in [0, 0.05) is 5.56 Å². The standard InChI is InChI=1S/C19H20F3NO3/c1-4-26-16-10-7-14(11-17(16)25-3)18(24)23-12(2)13-5-8-15(9-6-13)19(20,21)22/h5-12H,4H2,1-3H3,(H,23,24). The molecule has 140 valence electrons. The molecule has 2 aromatic carbocycles. The lowest BCUT2D eigenvalue weighted by Crippen LogP contribution is -2.26. The number of rotatable bonds is 6. The molecular formula is C19H20F3NO3. The average Bonchev–Trinajstić information content (AvgIpc) is 2.61. The SMILES string of the molecule is CCOc1ccc(C(=O)NC(C)c2ccc(C(F)(F)F)cc2)cc1OC. The normalized spacial score (nSPS) is 12.4. The Kier molecular flexibility index (Phi) is 6.13. The second kappa shape index (κ2) is 8.12. The predicted molar refractivity (Wildman–Crippen MR) is 91.5 cm³/mol. The Balaban J connectivity index is 2.11. The molecule has 0 bridgehead atoms. The molecule has 1 N–H and O–H groups in total. The molecule has 1 amide bonds. The van der Waals surface area contributed by atoms with E-state index in [1.807, 2.05) is 6.92 Å². The van der Waals surface area contributed by atoms with Gasteiger partial charge in [0.2, 0.25) is 0 Å². The zero-order valence-corrected chi connectivity index (χ0v) is 14.7. The van der Waals surface area contributed by atoms with Crippen molar-refractivity contribution in [3.8, 4) is 11.5 Å². The molecule has 7 heteroatoms. The van der Waals surface area contributed by atoms with E-state index in [9.17, 15) is 18.0 Å². The number of carbonyl (C=O) groups is 1. The van der Waals surface area contributed by atoms with Gasteiger partial charge < -0.3 is 14.8 Å². The van der Waals surface area contributed by atoms with Crippen LogP contribution in [0.1, 0.15) is 41.4 Å². The van der Waals surface area contributed by atoms with Gasteiger partial charge in [-0.3, -0.25) is 4.79 Å². The van der Waals surface area contributed by atoms with Crippen molar-refractivity contribution < 1.29 is 27.4 Å². The minimum atomic E-state index is -4.39. The highest BCUT2D eigenvalue weighted by atomic mass is 19.4. The summed E-state index contributed by atoms with van der Waals surface area (Å²) in [4.78, 5) is 12.4. The number of methoxy groups -OCH3 is 1. The summed E-state index contributed by atoms with van der Waals surface area (Å²) in [6.07, 6.45) is -4.39. The van der Waals surface area contributed by atoms with Gasteiger partial charge in [-0.25, -0.2) is 0 Å². The molecule has 1 unspecified atom stereocenters. The largest absolute Gasteiger partial charge is 0.493 e. The van der Waals surface area contributed by atoms with Crippen LogP contribution in [0.3, 0.4) is 0 Å². The summed E-state index contributed by atoms with van der Waals surface area (Å²) in [7, 11) is 1.48. The second-order valence-electron chi connectivity index (χ2n) is 5.61. The lowest BCUT2D eigenvalue weighted by atomic mass is 10.1. The van der Waals surface area contributed by atoms with Gasteiger partial charge in [0.25, 0.3) is 5.91 Å². The van der Waals surface area contributed by atoms with E-state index in [-0.39, 0.29) is 5.91 Å². The van der Waals surface area contributed by atoms with Crippen molar-refractivity contribution in [3.63, 3.8) is 0 Å². The molecule has 0 radical (unpaired) electrons. The van der Waals surface area contributed by atoms with Crippen LogP contribution in [-0.2, 0) is 6.18 Å². The van der Waals surface area contributed by atoms with Crippen molar-refractivity contribution in [2.75, 3.05) is 13.7 Å². The first kappa shape index (κ1) is 19.6. The first-order valence-corrected chi connectivity index (χ1v) is 8.05. The van der Waals surface area contributed by atoms with Crippen LogP contribution in [0.4, 0.5) is 13.2 Å². The zero-order valence-electron chi connectivity index (χ0n) is 14.7. The van der Waals surface area contributed by atoms with Gasteiger partial charge in [0.15, 0.2) is 11.5 Å². The molecule has 0 saturated carbocycles. The molecule has 0 aliphatic rings. The van der Waals surface area contributed by atoms with Crippen molar-refractivity contribution >= 4 is 5.91 Å². The number of hydrogen-bond donors (Lipinski definition) is 1. The van der Waals surface area contributed by atoms with Gasteiger partial charge >= 0.3 is 6.18 Å². The minimum absolute atomic E-state index is 0.362. The van der Waals surface area contributed by atoms with Gasteiger partial charge in [-0.1, -0.05) is 12.1 Å². The lowest BCUT2D eigenvalue weighted by molar-refractivity contribution is -0.137. The van der Waals surface area contributed by atoms with Gasteiger partial charge in [-0.2, -0.15) is 13.2 Å². The zero-order chi connectivity index (χ0) is 19.3. The van der Waals surface area contributed by atoms with Crippen molar-refractivity contribution in [1.29, 1.82) is 0 Å². The molecule has 0 aliphatic heterocycles. The molecule has 0 aromatic heterocycles. The molecule has 0 saturated heterocycles. The fraction of sp³-hybridized carbons (Fsp3) is 0.316. The van der Waals surface area contributed by atoms with Crippen LogP contribution < -0.4 is 14.8 Å². The maximum Gasteiger partial charge on any atom is 0.416 e. The Bertz CT molecular complexity index is 758. The van der Waals surface area contributed by atoms with E-state index in [1.165, 1.54) is 19.2 Å². The maximum atomic E-state index is 12.6. The van der Waals surface area contributed by atoms with Crippen LogP contribution in [-0.4, -0.2) is 19.6 Å². The fourth-order valence-electron chi connectivity index (χ4n) is 2.41. The number of nitrogens with one attached hydrogen (secondary N) is 1. The summed E-state index contributed by atoms with van der Waals surface area (Å²) in [5, 5.41) is 2.76. The molecule has 0 spiro atoms. The van der Waals surface area contributed by atoms with Crippen LogP contribution in [0, 0.1) is 0 Å². The van der Waals surface area contributed by atoms with Gasteiger partial charge in [-0.05, 0) is 49.7 Å². The van der Waals surface area contributed by atoms with Gasteiger partial charge in [-0.15, -0.1) is 0 Å². The first-order chi connectivity index (χ1) is 12.3. The Morgan fingerprint density at radius 3 is 2.31 bits per heavy atom. The number of halogens is 3. The molecular weight excluding hydrogens is 347 g/mol. The topological polar surface area (TPSA) is 47.6 Å². The highest BCUT2D eigenvalue weighted by molar-refractivity contribution is 5.95. The molecule has 0 heterocycles. The molecule has 4 nitrogen and oxygen atoms in total. The third-order valence-electron chi connectivity index (χ3n) is 3.81. The van der Waals surface area contributed by atoms with E-state index < -0.39 is 17.8 Å². The number of hydrogen-bond acceptors (Lipinski definition) is 3. The van der Waals surface area contributed by atoms with Crippen LogP contribution >= 0.6 is 0 Å². The lowest BCUT2D eigenvalue weighted by Gasteiger charge is -2.16. The van der Waals surface area contributed by atoms with Crippen molar-refractivity contribution in [2.45, 2.75) is 26.1 Å². The van der Waals surface area contributed by atoms with E-state index in [0.29, 0.717) is 29.2 Å². The van der Waals surface area contributed by atoms with E-state index in [0.717, 1.165) is 12.1 Å². The number of ether oxygens (including phenoxy) is 2. The summed E-state index contributed by atoms with van der Waals surface area (Å²) in [6, 6.07) is 9.04. The third-order valence-corrected chi connectivity index (χ3v) is 3.81. The minimum Gasteiger partial charge on any atom is -0.493 e. The van der Waals surface area contributed by atoms with E-state index in [1.54, 1.807) is 25.1 Å². The van der Waals surface area contributed by atoms with Crippen LogP contribution in [0.5, 0.6) is 11.5 Å². The van der Waals surface area contributed by atoms with Gasteiger partial charge in [0.1, 0.15) is 0 Å². The fourth-order valence-corrected chi connectivity index (χ4v) is 2.41. The van der Waals surface area contributed by atoms with Crippen molar-refractivity contribution in [1.82, 2.24) is 5.32 Å². The first-order valence-electron chi connectivity index (χ1n) is 8.05. The number of carbonyl (C=O) groups excluding carboxylic acids is 1. The Hall–Kier alpha value is -2.70. The van der Waals surface area contributed by atoms with Gasteiger partial charge in [0.05, 0.1) is 25.3 Å². The van der Waals surface area contributed by atoms with E-state index >= 15 is 0 Å². The number of amides is 1. The third kappa shape index (κ3) is 4.68. The Morgan fingerprint density at radius 2 is 1.77 bits per heavy atom. The molecule has 0 aliphatic carbocycles. The smallest absolute Gasteiger partial charge is 0.416 e. The average molecular weight is 367 g/mol. The Morgan fingerprint density at radius 1 is 1.12 bits per heavy atom. The highest BCUT2D eigenvalue weighted by Crippen LogP contribution is 2.30. The summed E-state index contributed by atoms with van der Waals surface area (Å²) in [6.45, 7) is 4.00. The molecule has 2 aromatic rings. The van der Waals surface area contributed by atoms with Crippen molar-refractivity contribution in [3.05, 3.63) is 59.2 Å². The van der Waals surface area contributed by atoms with E-state index in [4.69, 9.17) is 9.47 Å². The highest BCUT2D eigenvalue weighted by Gasteiger charge is 2.30. The van der Waals surface area contributed by atoms with Crippen LogP contribution in [0.25, 0.3) is 0 Å². The summed E-state index contributed by atoms with van der Waals surface area (Å²) < 4.78 is 48.5. The van der Waals surface area contributed by atoms with E-state index in [2.05, 4.69) is 5.32 Å². The molecule has 0 fully saturated rings. The maximum absolute atomic E-state index is 12.6. The predicted octanol–water partition coefficient (Wildman–Crippen LogP) is 4.60. The second-order valence-corrected chi connectivity index (χ2v) is 5.61. The van der Waals surface area contributed by atoms with Crippen LogP contribution in [0.2, 0.25) is 0 Å². The quantitative estimate of drug-likeness (QED) is 0.811. The summed E-state index contributed by atoms with van der Waals surface area (Å²) in [5.41, 5.74) is 0.212. The number of benzene rings is 2. The summed E-state index contributed by atoms with van der Waals surface area (Å²) >= 11 is 0. The van der Waals surface area contributed by atoms with Crippen molar-refractivity contribution in [2.24, 2.45) is 0 Å². The molecule has 1 atom stereocenters. The molecule has 2 rings (SSSR count). The Labute approximate surface area is 149 Å².